The van der Waals surface area contributed by atoms with Crippen molar-refractivity contribution >= 4 is 45.0 Å². The lowest BCUT2D eigenvalue weighted by molar-refractivity contribution is -0.113. The summed E-state index contributed by atoms with van der Waals surface area (Å²) < 4.78 is 17.4. The van der Waals surface area contributed by atoms with Crippen LogP contribution in [-0.4, -0.2) is 35.5 Å². The molecule has 2 aromatic heterocycles. The van der Waals surface area contributed by atoms with Gasteiger partial charge in [0.25, 0.3) is 0 Å². The number of rotatable bonds is 5. The third-order valence-electron chi connectivity index (χ3n) is 3.40. The summed E-state index contributed by atoms with van der Waals surface area (Å²) in [7, 11) is 1.57. The molecule has 25 heavy (non-hydrogen) atoms. The van der Waals surface area contributed by atoms with E-state index in [2.05, 4.69) is 15.3 Å². The molecule has 0 atom stereocenters. The third-order valence-corrected chi connectivity index (χ3v) is 5.55. The van der Waals surface area contributed by atoms with Crippen LogP contribution in [0.3, 0.4) is 0 Å². The molecule has 7 nitrogen and oxygen atoms in total. The monoisotopic (exact) mass is 375 g/mol. The van der Waals surface area contributed by atoms with Gasteiger partial charge in [0, 0.05) is 17.8 Å². The van der Waals surface area contributed by atoms with Gasteiger partial charge in [-0.3, -0.25) is 4.79 Å². The third kappa shape index (κ3) is 3.47. The van der Waals surface area contributed by atoms with Crippen molar-refractivity contribution in [1.29, 1.82) is 0 Å². The van der Waals surface area contributed by atoms with Crippen LogP contribution in [0.15, 0.2) is 34.7 Å². The van der Waals surface area contributed by atoms with Gasteiger partial charge in [-0.2, -0.15) is 4.98 Å². The highest BCUT2D eigenvalue weighted by Gasteiger charge is 2.15. The molecule has 1 N–H and O–H groups in total. The lowest BCUT2D eigenvalue weighted by Crippen LogP contribution is -2.13. The average Bonchev–Trinajstić information content (AvgIpc) is 3.24. The van der Waals surface area contributed by atoms with Crippen LogP contribution in [-0.2, 0) is 4.79 Å². The second kappa shape index (κ2) is 6.77. The zero-order valence-electron chi connectivity index (χ0n) is 13.1. The molecule has 0 saturated carbocycles. The minimum atomic E-state index is -0.117. The number of nitrogens with zero attached hydrogens (tertiary/aromatic N) is 2. The summed E-state index contributed by atoms with van der Waals surface area (Å²) in [5.41, 5.74) is 1.30. The van der Waals surface area contributed by atoms with Crippen molar-refractivity contribution in [3.63, 3.8) is 0 Å². The Labute approximate surface area is 151 Å². The van der Waals surface area contributed by atoms with Crippen LogP contribution < -0.4 is 19.5 Å². The topological polar surface area (TPSA) is 82.6 Å². The number of hydrogen-bond acceptors (Lipinski definition) is 8. The number of hydrogen-bond donors (Lipinski definition) is 1. The van der Waals surface area contributed by atoms with Crippen LogP contribution in [0.25, 0.3) is 10.3 Å². The molecule has 4 rings (SSSR count). The number of carbonyl (C=O) groups excluding carboxylic acids is 1. The van der Waals surface area contributed by atoms with E-state index >= 15 is 0 Å². The van der Waals surface area contributed by atoms with E-state index in [1.54, 1.807) is 31.4 Å². The number of fused-ring (bicyclic) bond motifs is 2. The molecule has 0 bridgehead atoms. The maximum atomic E-state index is 12.1. The van der Waals surface area contributed by atoms with Crippen molar-refractivity contribution in [2.45, 2.75) is 4.34 Å². The van der Waals surface area contributed by atoms with E-state index in [0.29, 0.717) is 28.7 Å². The first kappa shape index (κ1) is 16.0. The first-order valence-corrected chi connectivity index (χ1v) is 9.15. The van der Waals surface area contributed by atoms with Crippen LogP contribution >= 0.6 is 23.1 Å². The molecule has 0 fully saturated rings. The number of methoxy groups -OCH3 is 1. The summed E-state index contributed by atoms with van der Waals surface area (Å²) in [5.74, 6) is 1.98. The lowest BCUT2D eigenvalue weighted by Gasteiger charge is -2.05. The maximum Gasteiger partial charge on any atom is 0.234 e. The highest BCUT2D eigenvalue weighted by molar-refractivity contribution is 8.01. The van der Waals surface area contributed by atoms with Crippen LogP contribution in [0.5, 0.6) is 17.4 Å². The summed E-state index contributed by atoms with van der Waals surface area (Å²) in [4.78, 5) is 20.8. The highest BCUT2D eigenvalue weighted by Crippen LogP contribution is 2.34. The van der Waals surface area contributed by atoms with E-state index in [9.17, 15) is 4.79 Å². The predicted octanol–water partition coefficient (Wildman–Crippen LogP) is 3.16. The maximum absolute atomic E-state index is 12.1. The normalized spacial score (nSPS) is 12.4. The molecule has 0 radical (unpaired) electrons. The lowest BCUT2D eigenvalue weighted by atomic mass is 10.3. The second-order valence-electron chi connectivity index (χ2n) is 5.06. The van der Waals surface area contributed by atoms with E-state index in [0.717, 1.165) is 9.04 Å². The summed E-state index contributed by atoms with van der Waals surface area (Å²) >= 11 is 2.87. The van der Waals surface area contributed by atoms with E-state index in [1.807, 2.05) is 6.07 Å². The van der Waals surface area contributed by atoms with Gasteiger partial charge >= 0.3 is 0 Å². The van der Waals surface area contributed by atoms with Gasteiger partial charge in [0.1, 0.15) is 0 Å². The molecule has 128 valence electrons. The zero-order chi connectivity index (χ0) is 17.2. The Morgan fingerprint density at radius 1 is 1.28 bits per heavy atom. The molecule has 1 aliphatic rings. The highest BCUT2D eigenvalue weighted by atomic mass is 32.2. The Morgan fingerprint density at radius 3 is 3.04 bits per heavy atom. The minimum Gasteiger partial charge on any atom is -0.481 e. The number of amides is 1. The van der Waals surface area contributed by atoms with Crippen molar-refractivity contribution in [2.75, 3.05) is 25.0 Å². The molecule has 0 unspecified atom stereocenters. The molecular formula is C16H13N3O4S2. The Hall–Kier alpha value is -2.52. The predicted molar refractivity (Wildman–Crippen MR) is 95.9 cm³/mol. The molecule has 1 aromatic carbocycles. The molecule has 9 heteroatoms. The van der Waals surface area contributed by atoms with Gasteiger partial charge in [0.05, 0.1) is 17.6 Å². The van der Waals surface area contributed by atoms with Crippen LogP contribution in [0, 0.1) is 0 Å². The molecule has 0 saturated heterocycles. The van der Waals surface area contributed by atoms with Gasteiger partial charge in [-0.05, 0) is 18.2 Å². The molecule has 3 aromatic rings. The van der Waals surface area contributed by atoms with Gasteiger partial charge in [-0.1, -0.05) is 11.8 Å². The fraction of sp³-hybridized carbons (Fsp3) is 0.188. The molecule has 0 spiro atoms. The van der Waals surface area contributed by atoms with Crippen molar-refractivity contribution in [3.05, 3.63) is 30.3 Å². The molecule has 3 heterocycles. The van der Waals surface area contributed by atoms with Gasteiger partial charge in [-0.25, -0.2) is 4.98 Å². The summed E-state index contributed by atoms with van der Waals surface area (Å²) in [6, 6.07) is 9.01. The van der Waals surface area contributed by atoms with E-state index < -0.39 is 0 Å². The van der Waals surface area contributed by atoms with Crippen molar-refractivity contribution in [2.24, 2.45) is 0 Å². The van der Waals surface area contributed by atoms with Crippen molar-refractivity contribution < 1.29 is 19.0 Å². The smallest absolute Gasteiger partial charge is 0.234 e. The number of benzene rings is 1. The van der Waals surface area contributed by atoms with Crippen LogP contribution in [0.4, 0.5) is 5.69 Å². The first-order chi connectivity index (χ1) is 12.2. The number of pyridine rings is 1. The zero-order valence-corrected chi connectivity index (χ0v) is 14.8. The fourth-order valence-corrected chi connectivity index (χ4v) is 4.05. The number of ether oxygens (including phenoxy) is 3. The summed E-state index contributed by atoms with van der Waals surface area (Å²) in [6.07, 6.45) is 0. The number of thiazole rings is 1. The quantitative estimate of drug-likeness (QED) is 0.686. The fourth-order valence-electron chi connectivity index (χ4n) is 2.26. The minimum absolute atomic E-state index is 0.117. The summed E-state index contributed by atoms with van der Waals surface area (Å²) in [6.45, 7) is 0.207. The van der Waals surface area contributed by atoms with Crippen molar-refractivity contribution in [1.82, 2.24) is 9.97 Å². The van der Waals surface area contributed by atoms with Gasteiger partial charge < -0.3 is 19.5 Å². The number of anilines is 1. The van der Waals surface area contributed by atoms with E-state index in [-0.39, 0.29) is 18.5 Å². The first-order valence-electron chi connectivity index (χ1n) is 7.35. The Bertz CT molecular complexity index is 944. The molecule has 1 amide bonds. The number of carbonyl (C=O) groups is 1. The largest absolute Gasteiger partial charge is 0.481 e. The summed E-state index contributed by atoms with van der Waals surface area (Å²) in [5, 5.41) is 2.84. The number of nitrogens with one attached hydrogen (secondary N) is 1. The van der Waals surface area contributed by atoms with Gasteiger partial charge in [0.15, 0.2) is 21.5 Å². The van der Waals surface area contributed by atoms with Gasteiger partial charge in [0.2, 0.25) is 18.6 Å². The second-order valence-corrected chi connectivity index (χ2v) is 7.31. The number of aromatic nitrogens is 2. The molecule has 0 aliphatic carbocycles. The van der Waals surface area contributed by atoms with E-state index in [4.69, 9.17) is 14.2 Å². The van der Waals surface area contributed by atoms with Gasteiger partial charge in [-0.15, -0.1) is 11.3 Å². The van der Waals surface area contributed by atoms with E-state index in [1.165, 1.54) is 23.1 Å². The van der Waals surface area contributed by atoms with Crippen molar-refractivity contribution in [3.8, 4) is 17.4 Å². The van der Waals surface area contributed by atoms with Crippen LogP contribution in [0.2, 0.25) is 0 Å². The Kier molecular flexibility index (Phi) is 4.33. The number of thioether (sulfide) groups is 1. The van der Waals surface area contributed by atoms with Crippen LogP contribution in [0.1, 0.15) is 0 Å². The average molecular weight is 375 g/mol. The SMILES string of the molecule is COc1ccc2sc(SCC(=O)Nc3ccc4c(c3)OCO4)nc2n1. The standard InChI is InChI=1S/C16H13N3O4S2/c1-21-14-5-4-12-15(18-14)19-16(25-12)24-7-13(20)17-9-2-3-10-11(6-9)23-8-22-10/h2-6H,7-8H2,1H3,(H,17,20). The molecule has 1 aliphatic heterocycles. The Morgan fingerprint density at radius 2 is 2.16 bits per heavy atom. The Balaban J connectivity index is 1.38. The molecular weight excluding hydrogens is 362 g/mol.